The smallest absolute Gasteiger partial charge is 0.0404 e. The van der Waals surface area contributed by atoms with Gasteiger partial charge in [-0.05, 0) is 30.0 Å². The van der Waals surface area contributed by atoms with E-state index in [1.165, 1.54) is 18.4 Å². The van der Waals surface area contributed by atoms with Gasteiger partial charge in [-0.25, -0.2) is 0 Å². The number of hydrogen-bond acceptors (Lipinski definition) is 0. The van der Waals surface area contributed by atoms with Crippen LogP contribution in [0, 0.1) is 5.92 Å². The highest BCUT2D eigenvalue weighted by atomic mass is 79.9. The summed E-state index contributed by atoms with van der Waals surface area (Å²) in [5, 5.41) is 0.265. The van der Waals surface area contributed by atoms with Crippen LogP contribution in [-0.4, -0.2) is 5.38 Å². The van der Waals surface area contributed by atoms with Gasteiger partial charge < -0.3 is 0 Å². The Hall–Kier alpha value is -0.0100. The van der Waals surface area contributed by atoms with Crippen molar-refractivity contribution in [3.63, 3.8) is 0 Å². The van der Waals surface area contributed by atoms with Gasteiger partial charge in [0.25, 0.3) is 0 Å². The van der Waals surface area contributed by atoms with Gasteiger partial charge in [0.05, 0.1) is 0 Å². The van der Waals surface area contributed by atoms with E-state index in [1.807, 2.05) is 0 Å². The zero-order valence-corrected chi connectivity index (χ0v) is 11.7. The molecule has 0 N–H and O–H groups in total. The zero-order chi connectivity index (χ0) is 11.3. The van der Waals surface area contributed by atoms with Crippen molar-refractivity contribution in [2.45, 2.75) is 38.5 Å². The van der Waals surface area contributed by atoms with Crippen LogP contribution in [0.1, 0.15) is 32.3 Å². The molecule has 15 heavy (non-hydrogen) atoms. The minimum absolute atomic E-state index is 0.265. The van der Waals surface area contributed by atoms with E-state index < -0.39 is 0 Å². The fraction of sp³-hybridized carbons (Fsp3) is 0.538. The molecule has 0 fully saturated rings. The topological polar surface area (TPSA) is 0 Å². The molecule has 2 heteroatoms. The second-order valence-corrected chi connectivity index (χ2v) is 5.40. The van der Waals surface area contributed by atoms with E-state index in [4.69, 9.17) is 11.6 Å². The average molecular weight is 290 g/mol. The van der Waals surface area contributed by atoms with Crippen LogP contribution in [0.5, 0.6) is 0 Å². The second-order valence-electron chi connectivity index (χ2n) is 3.92. The lowest BCUT2D eigenvalue weighted by atomic mass is 9.94. The summed E-state index contributed by atoms with van der Waals surface area (Å²) >= 11 is 9.84. The van der Waals surface area contributed by atoms with Crippen LogP contribution in [0.25, 0.3) is 0 Å². The Morgan fingerprint density at radius 1 is 1.13 bits per heavy atom. The van der Waals surface area contributed by atoms with Crippen molar-refractivity contribution in [2.75, 3.05) is 0 Å². The summed E-state index contributed by atoms with van der Waals surface area (Å²) in [6, 6.07) is 8.43. The maximum absolute atomic E-state index is 6.41. The molecule has 0 saturated heterocycles. The molecule has 0 heterocycles. The molecule has 0 aliphatic heterocycles. The molecule has 0 bridgehead atoms. The predicted molar refractivity (Wildman–Crippen MR) is 71.6 cm³/mol. The summed E-state index contributed by atoms with van der Waals surface area (Å²) < 4.78 is 1.12. The Bertz CT molecular complexity index is 277. The van der Waals surface area contributed by atoms with E-state index >= 15 is 0 Å². The van der Waals surface area contributed by atoms with Crippen molar-refractivity contribution in [1.82, 2.24) is 0 Å². The molecule has 1 aromatic rings. The molecule has 1 unspecified atom stereocenters. The van der Waals surface area contributed by atoms with Crippen LogP contribution in [-0.2, 0) is 6.42 Å². The normalized spacial score (nSPS) is 13.1. The lowest BCUT2D eigenvalue weighted by Gasteiger charge is -2.19. The molecular weight excluding hydrogens is 272 g/mol. The molecule has 0 nitrogen and oxygen atoms in total. The van der Waals surface area contributed by atoms with E-state index in [1.54, 1.807) is 0 Å². The Labute approximate surface area is 106 Å². The molecule has 1 rings (SSSR count). The van der Waals surface area contributed by atoms with Crippen molar-refractivity contribution in [3.8, 4) is 0 Å². The summed E-state index contributed by atoms with van der Waals surface area (Å²) in [7, 11) is 0. The quantitative estimate of drug-likeness (QED) is 0.667. The van der Waals surface area contributed by atoms with Gasteiger partial charge >= 0.3 is 0 Å². The third-order valence-corrected chi connectivity index (χ3v) is 3.94. The molecule has 0 spiro atoms. The van der Waals surface area contributed by atoms with Crippen molar-refractivity contribution in [3.05, 3.63) is 34.3 Å². The molecule has 0 aliphatic carbocycles. The van der Waals surface area contributed by atoms with Gasteiger partial charge in [-0.3, -0.25) is 0 Å². The van der Waals surface area contributed by atoms with Gasteiger partial charge in [-0.15, -0.1) is 11.6 Å². The molecule has 84 valence electrons. The summed E-state index contributed by atoms with van der Waals surface area (Å²) in [5.41, 5.74) is 1.32. The van der Waals surface area contributed by atoms with Crippen LogP contribution in [0.3, 0.4) is 0 Å². The molecule has 0 aromatic heterocycles. The highest BCUT2D eigenvalue weighted by molar-refractivity contribution is 9.10. The van der Waals surface area contributed by atoms with Crippen molar-refractivity contribution in [1.29, 1.82) is 0 Å². The van der Waals surface area contributed by atoms with Crippen molar-refractivity contribution >= 4 is 27.5 Å². The van der Waals surface area contributed by atoms with E-state index in [0.717, 1.165) is 10.9 Å². The molecule has 1 atom stereocenters. The predicted octanol–water partition coefficient (Wildman–Crippen LogP) is 5.04. The number of benzene rings is 1. The van der Waals surface area contributed by atoms with Crippen LogP contribution >= 0.6 is 27.5 Å². The Balaban J connectivity index is 2.57. The Morgan fingerprint density at radius 2 is 1.67 bits per heavy atom. The number of halogens is 2. The third kappa shape index (κ3) is 4.16. The van der Waals surface area contributed by atoms with Gasteiger partial charge in [0.15, 0.2) is 0 Å². The summed E-state index contributed by atoms with van der Waals surface area (Å²) in [6.07, 6.45) is 3.31. The first-order valence-electron chi connectivity index (χ1n) is 5.55. The van der Waals surface area contributed by atoms with Crippen LogP contribution in [0.2, 0.25) is 0 Å². The number of rotatable bonds is 5. The first-order valence-corrected chi connectivity index (χ1v) is 6.78. The summed E-state index contributed by atoms with van der Waals surface area (Å²) in [5.74, 6) is 0.635. The Kier molecular flexibility index (Phi) is 5.70. The van der Waals surface area contributed by atoms with Gasteiger partial charge in [0, 0.05) is 9.85 Å². The molecule has 0 saturated carbocycles. The number of hydrogen-bond donors (Lipinski definition) is 0. The highest BCUT2D eigenvalue weighted by Gasteiger charge is 2.15. The largest absolute Gasteiger partial charge is 0.122 e. The van der Waals surface area contributed by atoms with Crippen molar-refractivity contribution in [2.24, 2.45) is 5.92 Å². The third-order valence-electron chi connectivity index (χ3n) is 2.90. The fourth-order valence-electron chi connectivity index (χ4n) is 1.81. The van der Waals surface area contributed by atoms with Crippen LogP contribution < -0.4 is 0 Å². The van der Waals surface area contributed by atoms with Gasteiger partial charge in [-0.1, -0.05) is 54.8 Å². The second kappa shape index (κ2) is 6.55. The number of alkyl halides is 1. The summed E-state index contributed by atoms with van der Waals surface area (Å²) in [6.45, 7) is 4.43. The van der Waals surface area contributed by atoms with E-state index in [2.05, 4.69) is 54.0 Å². The maximum Gasteiger partial charge on any atom is 0.0404 e. The molecule has 0 radical (unpaired) electrons. The minimum Gasteiger partial charge on any atom is -0.122 e. The van der Waals surface area contributed by atoms with E-state index in [0.29, 0.717) is 5.92 Å². The van der Waals surface area contributed by atoms with E-state index in [9.17, 15) is 0 Å². The zero-order valence-electron chi connectivity index (χ0n) is 9.34. The average Bonchev–Trinajstić information content (AvgIpc) is 2.23. The van der Waals surface area contributed by atoms with Gasteiger partial charge in [0.1, 0.15) is 0 Å². The van der Waals surface area contributed by atoms with E-state index in [-0.39, 0.29) is 5.38 Å². The van der Waals surface area contributed by atoms with Crippen LogP contribution in [0.4, 0.5) is 0 Å². The molecule has 1 aromatic carbocycles. The fourth-order valence-corrected chi connectivity index (χ4v) is 2.61. The Morgan fingerprint density at radius 3 is 2.13 bits per heavy atom. The molecule has 0 amide bonds. The minimum atomic E-state index is 0.265. The van der Waals surface area contributed by atoms with Crippen LogP contribution in [0.15, 0.2) is 28.7 Å². The highest BCUT2D eigenvalue weighted by Crippen LogP contribution is 2.23. The monoisotopic (exact) mass is 288 g/mol. The molecular formula is C13H18BrCl. The van der Waals surface area contributed by atoms with Gasteiger partial charge in [-0.2, -0.15) is 0 Å². The first-order chi connectivity index (χ1) is 7.17. The summed E-state index contributed by atoms with van der Waals surface area (Å²) in [4.78, 5) is 0. The van der Waals surface area contributed by atoms with Crippen molar-refractivity contribution < 1.29 is 0 Å². The lowest BCUT2D eigenvalue weighted by Crippen LogP contribution is -2.15. The lowest BCUT2D eigenvalue weighted by molar-refractivity contribution is 0.464. The SMILES string of the molecule is CCC(CC)C(Cl)Cc1ccc(Br)cc1. The first kappa shape index (κ1) is 13.1. The van der Waals surface area contributed by atoms with Gasteiger partial charge in [0.2, 0.25) is 0 Å². The molecule has 0 aliphatic rings. The standard InChI is InChI=1S/C13H18BrCl/c1-3-11(4-2)13(15)9-10-5-7-12(14)8-6-10/h5-8,11,13H,3-4,9H2,1-2H3. The maximum atomic E-state index is 6.41.